The second-order valence-corrected chi connectivity index (χ2v) is 5.38. The van der Waals surface area contributed by atoms with Crippen molar-refractivity contribution < 1.29 is 14.3 Å². The molecule has 0 bridgehead atoms. The van der Waals surface area contributed by atoms with Gasteiger partial charge in [0.1, 0.15) is 5.82 Å². The second-order valence-electron chi connectivity index (χ2n) is 3.86. The van der Waals surface area contributed by atoms with Crippen molar-refractivity contribution in [3.63, 3.8) is 0 Å². The number of benzene rings is 2. The van der Waals surface area contributed by atoms with Gasteiger partial charge in [-0.05, 0) is 35.9 Å². The molecule has 1 N–H and O–H groups in total. The second kappa shape index (κ2) is 6.08. The Morgan fingerprint density at radius 1 is 1.21 bits per heavy atom. The maximum Gasteiger partial charge on any atom is 0.307 e. The summed E-state index contributed by atoms with van der Waals surface area (Å²) in [7, 11) is 0. The molecule has 0 saturated heterocycles. The van der Waals surface area contributed by atoms with Gasteiger partial charge in [-0.3, -0.25) is 4.79 Å². The molecule has 0 fully saturated rings. The Balaban J connectivity index is 2.34. The van der Waals surface area contributed by atoms with Crippen LogP contribution in [0.3, 0.4) is 0 Å². The molecule has 0 amide bonds. The van der Waals surface area contributed by atoms with Gasteiger partial charge >= 0.3 is 5.97 Å². The fraction of sp³-hybridized carbons (Fsp3) is 0.0714. The van der Waals surface area contributed by atoms with Crippen LogP contribution in [0.1, 0.15) is 5.56 Å². The number of hydrogen-bond donors (Lipinski definition) is 1. The molecule has 0 unspecified atom stereocenters. The number of carboxylic acids is 1. The van der Waals surface area contributed by atoms with E-state index in [9.17, 15) is 9.18 Å². The van der Waals surface area contributed by atoms with E-state index in [1.54, 1.807) is 36.4 Å². The molecular formula is C14H10ClFO2S. The zero-order chi connectivity index (χ0) is 13.8. The number of carbonyl (C=O) groups is 1. The summed E-state index contributed by atoms with van der Waals surface area (Å²) in [6.07, 6.45) is -0.142. The van der Waals surface area contributed by atoms with Gasteiger partial charge in [0.25, 0.3) is 0 Å². The number of carboxylic acid groups (broad SMARTS) is 1. The topological polar surface area (TPSA) is 37.3 Å². The summed E-state index contributed by atoms with van der Waals surface area (Å²) in [6, 6.07) is 11.3. The van der Waals surface area contributed by atoms with E-state index in [-0.39, 0.29) is 12.2 Å². The fourth-order valence-electron chi connectivity index (χ4n) is 1.59. The quantitative estimate of drug-likeness (QED) is 0.916. The van der Waals surface area contributed by atoms with Crippen LogP contribution in [0.25, 0.3) is 0 Å². The van der Waals surface area contributed by atoms with Crippen LogP contribution in [0.5, 0.6) is 0 Å². The van der Waals surface area contributed by atoms with Crippen molar-refractivity contribution in [3.05, 3.63) is 58.9 Å². The van der Waals surface area contributed by atoms with E-state index in [0.29, 0.717) is 20.4 Å². The highest BCUT2D eigenvalue weighted by molar-refractivity contribution is 7.99. The van der Waals surface area contributed by atoms with E-state index in [1.807, 2.05) is 0 Å². The van der Waals surface area contributed by atoms with E-state index in [0.717, 1.165) is 0 Å². The van der Waals surface area contributed by atoms with Crippen molar-refractivity contribution in [1.29, 1.82) is 0 Å². The van der Waals surface area contributed by atoms with Crippen LogP contribution in [-0.2, 0) is 11.2 Å². The number of aliphatic carboxylic acids is 1. The first-order valence-corrected chi connectivity index (χ1v) is 6.68. The van der Waals surface area contributed by atoms with Gasteiger partial charge in [0.2, 0.25) is 0 Å². The summed E-state index contributed by atoms with van der Waals surface area (Å²) in [5.74, 6) is -1.28. The van der Waals surface area contributed by atoms with E-state index in [4.69, 9.17) is 16.7 Å². The third-order valence-electron chi connectivity index (χ3n) is 2.42. The molecule has 0 radical (unpaired) electrons. The first-order valence-electron chi connectivity index (χ1n) is 5.49. The Bertz CT molecular complexity index is 616. The lowest BCUT2D eigenvalue weighted by Crippen LogP contribution is -2.01. The maximum atomic E-state index is 13.6. The normalized spacial score (nSPS) is 10.4. The summed E-state index contributed by atoms with van der Waals surface area (Å²) in [4.78, 5) is 12.0. The SMILES string of the molecule is O=C(O)Cc1cc(Cl)ccc1Sc1ccccc1F. The minimum absolute atomic E-state index is 0.142. The van der Waals surface area contributed by atoms with Crippen LogP contribution in [0.15, 0.2) is 52.3 Å². The summed E-state index contributed by atoms with van der Waals surface area (Å²) in [6.45, 7) is 0. The standard InChI is InChI=1S/C14H10ClFO2S/c15-10-5-6-12(9(7-10)8-14(17)18)19-13-4-2-1-3-11(13)16/h1-7H,8H2,(H,17,18). The van der Waals surface area contributed by atoms with E-state index in [2.05, 4.69) is 0 Å². The Morgan fingerprint density at radius 3 is 2.63 bits per heavy atom. The van der Waals surface area contributed by atoms with Crippen LogP contribution in [0.4, 0.5) is 4.39 Å². The average molecular weight is 297 g/mol. The average Bonchev–Trinajstić information content (AvgIpc) is 2.34. The highest BCUT2D eigenvalue weighted by Crippen LogP contribution is 2.33. The highest BCUT2D eigenvalue weighted by Gasteiger charge is 2.11. The number of hydrogen-bond acceptors (Lipinski definition) is 2. The van der Waals surface area contributed by atoms with Crippen molar-refractivity contribution in [3.8, 4) is 0 Å². The highest BCUT2D eigenvalue weighted by atomic mass is 35.5. The van der Waals surface area contributed by atoms with Gasteiger partial charge in [-0.15, -0.1) is 0 Å². The lowest BCUT2D eigenvalue weighted by molar-refractivity contribution is -0.136. The van der Waals surface area contributed by atoms with E-state index < -0.39 is 5.97 Å². The third kappa shape index (κ3) is 3.72. The molecule has 2 nitrogen and oxygen atoms in total. The van der Waals surface area contributed by atoms with E-state index in [1.165, 1.54) is 17.8 Å². The largest absolute Gasteiger partial charge is 0.481 e. The van der Waals surface area contributed by atoms with Crippen LogP contribution < -0.4 is 0 Å². The molecule has 0 heterocycles. The van der Waals surface area contributed by atoms with Gasteiger partial charge in [-0.1, -0.05) is 35.5 Å². The molecule has 2 aromatic rings. The smallest absolute Gasteiger partial charge is 0.307 e. The van der Waals surface area contributed by atoms with E-state index >= 15 is 0 Å². The fourth-order valence-corrected chi connectivity index (χ4v) is 2.74. The molecule has 0 aromatic heterocycles. The monoisotopic (exact) mass is 296 g/mol. The van der Waals surface area contributed by atoms with Gasteiger partial charge in [0.05, 0.1) is 6.42 Å². The number of halogens is 2. The van der Waals surface area contributed by atoms with Crippen LogP contribution >= 0.6 is 23.4 Å². The molecule has 0 saturated carbocycles. The minimum atomic E-state index is -0.947. The molecule has 5 heteroatoms. The van der Waals surface area contributed by atoms with Crippen LogP contribution in [-0.4, -0.2) is 11.1 Å². The van der Waals surface area contributed by atoms with Crippen LogP contribution in [0, 0.1) is 5.82 Å². The van der Waals surface area contributed by atoms with Gasteiger partial charge in [0.15, 0.2) is 0 Å². The van der Waals surface area contributed by atoms with Gasteiger partial charge < -0.3 is 5.11 Å². The molecule has 0 spiro atoms. The summed E-state index contributed by atoms with van der Waals surface area (Å²) in [5.41, 5.74) is 0.577. The summed E-state index contributed by atoms with van der Waals surface area (Å²) in [5, 5.41) is 9.34. The van der Waals surface area contributed by atoms with Crippen LogP contribution in [0.2, 0.25) is 5.02 Å². The van der Waals surface area contributed by atoms with Gasteiger partial charge in [-0.2, -0.15) is 0 Å². The summed E-state index contributed by atoms with van der Waals surface area (Å²) >= 11 is 7.05. The first kappa shape index (κ1) is 13.9. The van der Waals surface area contributed by atoms with Crippen molar-refractivity contribution in [1.82, 2.24) is 0 Å². The molecule has 0 aliphatic carbocycles. The lowest BCUT2D eigenvalue weighted by Gasteiger charge is -2.08. The first-order chi connectivity index (χ1) is 9.06. The Kier molecular flexibility index (Phi) is 4.45. The molecule has 0 aliphatic heterocycles. The molecule has 2 rings (SSSR count). The Morgan fingerprint density at radius 2 is 1.95 bits per heavy atom. The Labute approximate surface area is 119 Å². The molecule has 0 atom stereocenters. The number of rotatable bonds is 4. The molecule has 0 aliphatic rings. The zero-order valence-corrected chi connectivity index (χ0v) is 11.3. The predicted octanol–water partition coefficient (Wildman–Crippen LogP) is 4.26. The predicted molar refractivity (Wildman–Crippen MR) is 73.3 cm³/mol. The Hall–Kier alpha value is -1.52. The summed E-state index contributed by atoms with van der Waals surface area (Å²) < 4.78 is 13.6. The molecule has 2 aromatic carbocycles. The third-order valence-corrected chi connectivity index (χ3v) is 3.83. The van der Waals surface area contributed by atoms with Crippen molar-refractivity contribution in [2.75, 3.05) is 0 Å². The van der Waals surface area contributed by atoms with Gasteiger partial charge in [0, 0.05) is 14.8 Å². The van der Waals surface area contributed by atoms with Crippen molar-refractivity contribution >= 4 is 29.3 Å². The van der Waals surface area contributed by atoms with Crippen molar-refractivity contribution in [2.45, 2.75) is 16.2 Å². The molecule has 98 valence electrons. The zero-order valence-electron chi connectivity index (χ0n) is 9.77. The lowest BCUT2D eigenvalue weighted by atomic mass is 10.1. The molecular weight excluding hydrogens is 287 g/mol. The molecule has 19 heavy (non-hydrogen) atoms. The maximum absolute atomic E-state index is 13.6. The van der Waals surface area contributed by atoms with Crippen molar-refractivity contribution in [2.24, 2.45) is 0 Å². The minimum Gasteiger partial charge on any atom is -0.481 e. The van der Waals surface area contributed by atoms with Gasteiger partial charge in [-0.25, -0.2) is 4.39 Å².